The number of thiophene rings is 2. The number of benzene rings is 2. The van der Waals surface area contributed by atoms with Gasteiger partial charge in [-0.15, -0.1) is 32.9 Å². The summed E-state index contributed by atoms with van der Waals surface area (Å²) in [5.74, 6) is 0. The molecule has 0 bridgehead atoms. The van der Waals surface area contributed by atoms with Gasteiger partial charge in [0.15, 0.2) is 10.0 Å². The first-order valence-corrected chi connectivity index (χ1v) is 11.0. The molecule has 0 spiro atoms. The van der Waals surface area contributed by atoms with Crippen LogP contribution in [0.1, 0.15) is 0 Å². The lowest BCUT2D eigenvalue weighted by Gasteiger charge is -1.94. The number of hydrogen-bond donors (Lipinski definition) is 0. The Morgan fingerprint density at radius 1 is 0.407 bits per heavy atom. The van der Waals surface area contributed by atoms with E-state index in [9.17, 15) is 0 Å². The molecule has 27 heavy (non-hydrogen) atoms. The Hall–Kier alpha value is -2.60. The number of aromatic nitrogens is 2. The van der Waals surface area contributed by atoms with Crippen LogP contribution < -0.4 is 0 Å². The zero-order chi connectivity index (χ0) is 18.1. The van der Waals surface area contributed by atoms with Gasteiger partial charge in [0.2, 0.25) is 0 Å². The predicted molar refractivity (Wildman–Crippen MR) is 117 cm³/mol. The molecule has 0 fully saturated rings. The molecule has 0 amide bonds. The standard InChI is InChI=1S/C22H14N2S3/c1-3-7-15(8-4-1)17-11-13-19(25-17)21-23-24-22(27-21)20-14-12-18(26-20)16-9-5-2-6-10-16/h1-14H. The Kier molecular flexibility index (Phi) is 4.41. The van der Waals surface area contributed by atoms with Crippen molar-refractivity contribution >= 4 is 34.0 Å². The van der Waals surface area contributed by atoms with Crippen molar-refractivity contribution in [2.45, 2.75) is 0 Å². The highest BCUT2D eigenvalue weighted by Gasteiger charge is 2.13. The van der Waals surface area contributed by atoms with Gasteiger partial charge in [-0.05, 0) is 35.4 Å². The molecule has 0 aliphatic carbocycles. The maximum atomic E-state index is 4.44. The molecule has 0 aliphatic heterocycles. The number of nitrogens with zero attached hydrogens (tertiary/aromatic N) is 2. The molecule has 0 N–H and O–H groups in total. The Morgan fingerprint density at radius 3 is 1.26 bits per heavy atom. The first-order chi connectivity index (χ1) is 13.4. The fourth-order valence-electron chi connectivity index (χ4n) is 2.84. The first-order valence-electron chi connectivity index (χ1n) is 8.51. The van der Waals surface area contributed by atoms with Gasteiger partial charge < -0.3 is 0 Å². The van der Waals surface area contributed by atoms with Gasteiger partial charge in [0.25, 0.3) is 0 Å². The van der Waals surface area contributed by atoms with Gasteiger partial charge in [-0.2, -0.15) is 0 Å². The lowest BCUT2D eigenvalue weighted by atomic mass is 10.2. The average molecular weight is 403 g/mol. The number of hydrogen-bond acceptors (Lipinski definition) is 5. The molecule has 0 saturated heterocycles. The molecule has 5 heteroatoms. The second kappa shape index (κ2) is 7.19. The lowest BCUT2D eigenvalue weighted by molar-refractivity contribution is 1.11. The third-order valence-electron chi connectivity index (χ3n) is 4.18. The fourth-order valence-corrected chi connectivity index (χ4v) is 5.81. The van der Waals surface area contributed by atoms with Crippen LogP contribution in [0.15, 0.2) is 84.9 Å². The van der Waals surface area contributed by atoms with Crippen molar-refractivity contribution in [3.05, 3.63) is 84.9 Å². The number of rotatable bonds is 4. The molecular weight excluding hydrogens is 388 g/mol. The highest BCUT2D eigenvalue weighted by molar-refractivity contribution is 7.27. The Balaban J connectivity index is 1.42. The Labute approximate surface area is 169 Å². The summed E-state index contributed by atoms with van der Waals surface area (Å²) in [6, 6.07) is 29.5. The summed E-state index contributed by atoms with van der Waals surface area (Å²) >= 11 is 5.18. The molecule has 0 saturated carbocycles. The Bertz CT molecular complexity index is 1080. The molecule has 2 aromatic carbocycles. The second-order valence-corrected chi connectivity index (χ2v) is 9.12. The maximum Gasteiger partial charge on any atom is 0.158 e. The van der Waals surface area contributed by atoms with Gasteiger partial charge in [0.1, 0.15) is 0 Å². The summed E-state index contributed by atoms with van der Waals surface area (Å²) < 4.78 is 0. The molecule has 5 aromatic rings. The third kappa shape index (κ3) is 3.37. The van der Waals surface area contributed by atoms with E-state index >= 15 is 0 Å². The highest BCUT2D eigenvalue weighted by atomic mass is 32.1. The van der Waals surface area contributed by atoms with Crippen molar-refractivity contribution in [3.63, 3.8) is 0 Å². The summed E-state index contributed by atoms with van der Waals surface area (Å²) in [5.41, 5.74) is 2.48. The van der Waals surface area contributed by atoms with Gasteiger partial charge in [0.05, 0.1) is 9.75 Å². The van der Waals surface area contributed by atoms with Crippen LogP contribution in [0, 0.1) is 0 Å². The van der Waals surface area contributed by atoms with Gasteiger partial charge in [0, 0.05) is 9.75 Å². The topological polar surface area (TPSA) is 25.8 Å². The molecule has 0 aliphatic rings. The second-order valence-electron chi connectivity index (χ2n) is 5.97. The van der Waals surface area contributed by atoms with Crippen molar-refractivity contribution in [1.82, 2.24) is 10.2 Å². The summed E-state index contributed by atoms with van der Waals surface area (Å²) in [4.78, 5) is 4.84. The molecule has 0 radical (unpaired) electrons. The zero-order valence-corrected chi connectivity index (χ0v) is 16.7. The van der Waals surface area contributed by atoms with E-state index in [1.54, 1.807) is 34.0 Å². The molecule has 3 heterocycles. The van der Waals surface area contributed by atoms with Crippen LogP contribution in [0.25, 0.3) is 40.7 Å². The minimum Gasteiger partial charge on any atom is -0.137 e. The molecule has 0 atom stereocenters. The van der Waals surface area contributed by atoms with Gasteiger partial charge >= 0.3 is 0 Å². The van der Waals surface area contributed by atoms with E-state index in [0.29, 0.717) is 0 Å². The molecule has 5 rings (SSSR count). The highest BCUT2D eigenvalue weighted by Crippen LogP contribution is 2.40. The van der Waals surface area contributed by atoms with Crippen LogP contribution in [0.2, 0.25) is 0 Å². The smallest absolute Gasteiger partial charge is 0.137 e. The van der Waals surface area contributed by atoms with Crippen LogP contribution in [0.5, 0.6) is 0 Å². The molecule has 2 nitrogen and oxygen atoms in total. The van der Waals surface area contributed by atoms with Gasteiger partial charge in [-0.1, -0.05) is 72.0 Å². The minimum absolute atomic E-state index is 0.979. The van der Waals surface area contributed by atoms with Crippen LogP contribution >= 0.6 is 34.0 Å². The minimum atomic E-state index is 0.979. The first kappa shape index (κ1) is 16.6. The molecular formula is C22H14N2S3. The average Bonchev–Trinajstić information content (AvgIpc) is 3.49. The maximum absolute atomic E-state index is 4.44. The van der Waals surface area contributed by atoms with Crippen LogP contribution in [0.4, 0.5) is 0 Å². The van der Waals surface area contributed by atoms with Crippen LogP contribution in [-0.4, -0.2) is 10.2 Å². The van der Waals surface area contributed by atoms with Gasteiger partial charge in [-0.3, -0.25) is 0 Å². The largest absolute Gasteiger partial charge is 0.158 e. The van der Waals surface area contributed by atoms with Crippen LogP contribution in [0.3, 0.4) is 0 Å². The van der Waals surface area contributed by atoms with E-state index in [4.69, 9.17) is 0 Å². The quantitative estimate of drug-likeness (QED) is 0.314. The monoisotopic (exact) mass is 402 g/mol. The zero-order valence-electron chi connectivity index (χ0n) is 14.2. The molecule has 0 unspecified atom stereocenters. The van der Waals surface area contributed by atoms with E-state index < -0.39 is 0 Å². The summed E-state index contributed by atoms with van der Waals surface area (Å²) in [6.07, 6.45) is 0. The van der Waals surface area contributed by atoms with E-state index in [1.807, 2.05) is 12.1 Å². The summed E-state index contributed by atoms with van der Waals surface area (Å²) in [7, 11) is 0. The van der Waals surface area contributed by atoms with Crippen molar-refractivity contribution in [3.8, 4) is 40.7 Å². The van der Waals surface area contributed by atoms with E-state index in [1.165, 1.54) is 20.9 Å². The predicted octanol–water partition coefficient (Wildman–Crippen LogP) is 7.33. The summed E-state index contributed by atoms with van der Waals surface area (Å²) in [6.45, 7) is 0. The lowest BCUT2D eigenvalue weighted by Crippen LogP contribution is -1.71. The van der Waals surface area contributed by atoms with E-state index in [-0.39, 0.29) is 0 Å². The van der Waals surface area contributed by atoms with Crippen molar-refractivity contribution < 1.29 is 0 Å². The fraction of sp³-hybridized carbons (Fsp3) is 0. The van der Waals surface area contributed by atoms with Crippen molar-refractivity contribution in [2.75, 3.05) is 0 Å². The van der Waals surface area contributed by atoms with Crippen LogP contribution in [-0.2, 0) is 0 Å². The normalized spacial score (nSPS) is 11.0. The van der Waals surface area contributed by atoms with Gasteiger partial charge in [-0.25, -0.2) is 0 Å². The molecule has 130 valence electrons. The SMILES string of the molecule is c1ccc(-c2ccc(-c3nnc(-c4ccc(-c5ccccc5)s4)s3)s2)cc1. The van der Waals surface area contributed by atoms with Crippen molar-refractivity contribution in [1.29, 1.82) is 0 Å². The Morgan fingerprint density at radius 2 is 0.815 bits per heavy atom. The van der Waals surface area contributed by atoms with Crippen molar-refractivity contribution in [2.24, 2.45) is 0 Å². The molecule has 3 aromatic heterocycles. The third-order valence-corrected chi connectivity index (χ3v) is 7.71. The summed E-state index contributed by atoms with van der Waals surface area (Å²) in [5, 5.41) is 10.8. The van der Waals surface area contributed by atoms with E-state index in [0.717, 1.165) is 19.8 Å². The van der Waals surface area contributed by atoms with E-state index in [2.05, 4.69) is 83.0 Å².